The fourth-order valence-electron chi connectivity index (χ4n) is 3.90. The molecule has 1 fully saturated rings. The van der Waals surface area contributed by atoms with E-state index in [1.54, 1.807) is 0 Å². The average Bonchev–Trinajstić information content (AvgIpc) is 2.55. The zero-order valence-corrected chi connectivity index (χ0v) is 16.0. The molecular formula is C21H34NO2+. The first-order valence-electron chi connectivity index (χ1n) is 9.43. The molecular weight excluding hydrogens is 298 g/mol. The Morgan fingerprint density at radius 3 is 2.46 bits per heavy atom. The Morgan fingerprint density at radius 1 is 1.17 bits per heavy atom. The van der Waals surface area contributed by atoms with Crippen LogP contribution < -0.4 is 0 Å². The molecule has 134 valence electrons. The lowest BCUT2D eigenvalue weighted by atomic mass is 9.93. The highest BCUT2D eigenvalue weighted by Gasteiger charge is 2.32. The largest absolute Gasteiger partial charge is 0.453 e. The minimum atomic E-state index is -0.200. The normalized spacial score (nSPS) is 17.8. The number of quaternary nitrogens is 1. The summed E-state index contributed by atoms with van der Waals surface area (Å²) in [5.74, 6) is 0.214. The van der Waals surface area contributed by atoms with Gasteiger partial charge in [-0.1, -0.05) is 32.4 Å². The van der Waals surface area contributed by atoms with Gasteiger partial charge in [0.05, 0.1) is 25.7 Å². The van der Waals surface area contributed by atoms with Gasteiger partial charge in [-0.25, -0.2) is 4.79 Å². The van der Waals surface area contributed by atoms with Crippen molar-refractivity contribution < 1.29 is 14.0 Å². The topological polar surface area (TPSA) is 26.3 Å². The second-order valence-electron chi connectivity index (χ2n) is 8.25. The van der Waals surface area contributed by atoms with Crippen LogP contribution >= 0.6 is 0 Å². The van der Waals surface area contributed by atoms with Crippen molar-refractivity contribution in [3.8, 4) is 0 Å². The Kier molecular flexibility index (Phi) is 6.45. The molecule has 1 aliphatic carbocycles. The van der Waals surface area contributed by atoms with E-state index >= 15 is 0 Å². The number of ether oxygens (including phenoxy) is 1. The number of hydrogen-bond donors (Lipinski definition) is 0. The molecule has 0 N–H and O–H groups in total. The third-order valence-electron chi connectivity index (χ3n) is 5.39. The van der Waals surface area contributed by atoms with Crippen molar-refractivity contribution in [2.75, 3.05) is 20.6 Å². The fraction of sp³-hybridized carbons (Fsp3) is 0.667. The maximum Gasteiger partial charge on any atom is 0.338 e. The van der Waals surface area contributed by atoms with E-state index in [-0.39, 0.29) is 12.1 Å². The molecule has 24 heavy (non-hydrogen) atoms. The van der Waals surface area contributed by atoms with Gasteiger partial charge in [0.1, 0.15) is 12.6 Å². The molecule has 1 aromatic rings. The quantitative estimate of drug-likeness (QED) is 0.554. The second-order valence-corrected chi connectivity index (χ2v) is 8.25. The van der Waals surface area contributed by atoms with Crippen LogP contribution in [-0.4, -0.2) is 43.2 Å². The number of esters is 1. The smallest absolute Gasteiger partial charge is 0.338 e. The van der Waals surface area contributed by atoms with Gasteiger partial charge in [-0.05, 0) is 56.2 Å². The standard InChI is InChI=1S/C21H34NO2/c1-16(2)18-10-9-11-19(14-18)21(23)24-17(3)15-22(4,5)20-12-7-6-8-13-20/h9-11,14,16-17,20H,6-8,12-13,15H2,1-5H3/q+1. The first kappa shape index (κ1) is 19.0. The number of nitrogens with zero attached hydrogens (tertiary/aromatic N) is 1. The zero-order valence-electron chi connectivity index (χ0n) is 16.0. The Morgan fingerprint density at radius 2 is 1.83 bits per heavy atom. The molecule has 0 bridgehead atoms. The Labute approximate surface area is 147 Å². The van der Waals surface area contributed by atoms with Crippen LogP contribution in [0.15, 0.2) is 24.3 Å². The first-order chi connectivity index (χ1) is 11.3. The summed E-state index contributed by atoms with van der Waals surface area (Å²) in [7, 11) is 4.55. The lowest BCUT2D eigenvalue weighted by Crippen LogP contribution is -2.53. The van der Waals surface area contributed by atoms with Crippen molar-refractivity contribution in [1.29, 1.82) is 0 Å². The molecule has 1 aliphatic rings. The lowest BCUT2D eigenvalue weighted by molar-refractivity contribution is -0.918. The Bertz CT molecular complexity index is 545. The van der Waals surface area contributed by atoms with Crippen LogP contribution in [-0.2, 0) is 4.74 Å². The minimum absolute atomic E-state index is 0.0721. The summed E-state index contributed by atoms with van der Waals surface area (Å²) in [5, 5.41) is 0. The van der Waals surface area contributed by atoms with E-state index in [1.165, 1.54) is 37.7 Å². The maximum atomic E-state index is 12.5. The van der Waals surface area contributed by atoms with Crippen molar-refractivity contribution in [3.63, 3.8) is 0 Å². The van der Waals surface area contributed by atoms with Crippen LogP contribution in [0.2, 0.25) is 0 Å². The maximum absolute atomic E-state index is 12.5. The van der Waals surface area contributed by atoms with E-state index in [1.807, 2.05) is 25.1 Å². The Balaban J connectivity index is 1.94. The molecule has 1 saturated carbocycles. The molecule has 1 aromatic carbocycles. The van der Waals surface area contributed by atoms with Crippen LogP contribution in [0.25, 0.3) is 0 Å². The van der Waals surface area contributed by atoms with E-state index in [0.29, 0.717) is 17.5 Å². The summed E-state index contributed by atoms with van der Waals surface area (Å²) < 4.78 is 6.69. The molecule has 0 saturated heterocycles. The number of likely N-dealkylation sites (N-methyl/N-ethyl adjacent to an activating group) is 1. The van der Waals surface area contributed by atoms with Crippen molar-refractivity contribution in [2.45, 2.75) is 70.9 Å². The van der Waals surface area contributed by atoms with Gasteiger partial charge < -0.3 is 9.22 Å². The second kappa shape index (κ2) is 8.15. The molecule has 1 unspecified atom stereocenters. The number of rotatable bonds is 6. The summed E-state index contributed by atoms with van der Waals surface area (Å²) in [4.78, 5) is 12.5. The minimum Gasteiger partial charge on any atom is -0.453 e. The van der Waals surface area contributed by atoms with Gasteiger partial charge in [-0.3, -0.25) is 0 Å². The molecule has 0 amide bonds. The zero-order chi connectivity index (χ0) is 17.7. The molecule has 0 aliphatic heterocycles. The van der Waals surface area contributed by atoms with E-state index < -0.39 is 0 Å². The summed E-state index contributed by atoms with van der Waals surface area (Å²) in [6, 6.07) is 8.51. The van der Waals surface area contributed by atoms with Gasteiger partial charge in [0.2, 0.25) is 0 Å². The van der Waals surface area contributed by atoms with Crippen LogP contribution in [0.3, 0.4) is 0 Å². The Hall–Kier alpha value is -1.35. The number of hydrogen-bond acceptors (Lipinski definition) is 2. The molecule has 3 nitrogen and oxygen atoms in total. The molecule has 2 rings (SSSR count). The number of carbonyl (C=O) groups is 1. The fourth-order valence-corrected chi connectivity index (χ4v) is 3.90. The van der Waals surface area contributed by atoms with Gasteiger partial charge in [-0.15, -0.1) is 0 Å². The molecule has 0 heterocycles. The van der Waals surface area contributed by atoms with Gasteiger partial charge in [0.15, 0.2) is 0 Å². The summed E-state index contributed by atoms with van der Waals surface area (Å²) >= 11 is 0. The first-order valence-corrected chi connectivity index (χ1v) is 9.43. The van der Waals surface area contributed by atoms with E-state index in [9.17, 15) is 4.79 Å². The van der Waals surface area contributed by atoms with Crippen LogP contribution in [0.1, 0.15) is 74.7 Å². The third-order valence-corrected chi connectivity index (χ3v) is 5.39. The van der Waals surface area contributed by atoms with Crippen molar-refractivity contribution >= 4 is 5.97 Å². The highest BCUT2D eigenvalue weighted by molar-refractivity contribution is 5.89. The number of carbonyl (C=O) groups excluding carboxylic acids is 1. The van der Waals surface area contributed by atoms with Crippen LogP contribution in [0, 0.1) is 0 Å². The van der Waals surface area contributed by atoms with Crippen LogP contribution in [0.5, 0.6) is 0 Å². The highest BCUT2D eigenvalue weighted by atomic mass is 16.5. The predicted octanol–water partition coefficient (Wildman–Crippen LogP) is 4.76. The highest BCUT2D eigenvalue weighted by Crippen LogP contribution is 2.26. The predicted molar refractivity (Wildman–Crippen MR) is 99.3 cm³/mol. The van der Waals surface area contributed by atoms with E-state index in [2.05, 4.69) is 34.0 Å². The summed E-state index contributed by atoms with van der Waals surface area (Å²) in [5.41, 5.74) is 1.84. The van der Waals surface area contributed by atoms with E-state index in [4.69, 9.17) is 4.74 Å². The lowest BCUT2D eigenvalue weighted by Gasteiger charge is -2.41. The van der Waals surface area contributed by atoms with Gasteiger partial charge in [0, 0.05) is 0 Å². The van der Waals surface area contributed by atoms with Crippen molar-refractivity contribution in [1.82, 2.24) is 0 Å². The van der Waals surface area contributed by atoms with Crippen LogP contribution in [0.4, 0.5) is 0 Å². The number of benzene rings is 1. The molecule has 0 radical (unpaired) electrons. The third kappa shape index (κ3) is 5.07. The molecule has 1 atom stereocenters. The molecule has 3 heteroatoms. The van der Waals surface area contributed by atoms with Gasteiger partial charge >= 0.3 is 5.97 Å². The summed E-state index contributed by atoms with van der Waals surface area (Å²) in [6.07, 6.45) is 6.56. The van der Waals surface area contributed by atoms with Crippen molar-refractivity contribution in [2.24, 2.45) is 0 Å². The van der Waals surface area contributed by atoms with Crippen molar-refractivity contribution in [3.05, 3.63) is 35.4 Å². The van der Waals surface area contributed by atoms with Gasteiger partial charge in [0.25, 0.3) is 0 Å². The monoisotopic (exact) mass is 332 g/mol. The SMILES string of the molecule is CC(C[N+](C)(C)C1CCCCC1)OC(=O)c1cccc(C(C)C)c1. The van der Waals surface area contributed by atoms with Gasteiger partial charge in [-0.2, -0.15) is 0 Å². The molecule has 0 aromatic heterocycles. The average molecular weight is 333 g/mol. The summed E-state index contributed by atoms with van der Waals surface area (Å²) in [6.45, 7) is 7.17. The van der Waals surface area contributed by atoms with E-state index in [0.717, 1.165) is 11.0 Å². The molecule has 0 spiro atoms.